The highest BCUT2D eigenvalue weighted by molar-refractivity contribution is 6.33. The van der Waals surface area contributed by atoms with Gasteiger partial charge >= 0.3 is 0 Å². The molecule has 112 valence electrons. The van der Waals surface area contributed by atoms with E-state index in [4.69, 9.17) is 11.6 Å². The standard InChI is InChI=1S/C17H22ClN3/c1-13(2)21(12-14-7-5-4-6-8-14)17-16(18)9-15(10-19-3)11-20-17/h4-9,11,13,19H,10,12H2,1-3H3. The summed E-state index contributed by atoms with van der Waals surface area (Å²) in [7, 11) is 1.91. The normalized spacial score (nSPS) is 10.9. The van der Waals surface area contributed by atoms with Crippen molar-refractivity contribution in [3.63, 3.8) is 0 Å². The van der Waals surface area contributed by atoms with Crippen molar-refractivity contribution < 1.29 is 0 Å². The highest BCUT2D eigenvalue weighted by Crippen LogP contribution is 2.27. The zero-order valence-electron chi connectivity index (χ0n) is 12.8. The first-order valence-electron chi connectivity index (χ1n) is 7.21. The Morgan fingerprint density at radius 2 is 1.90 bits per heavy atom. The average molecular weight is 304 g/mol. The van der Waals surface area contributed by atoms with Crippen LogP contribution in [0.3, 0.4) is 0 Å². The lowest BCUT2D eigenvalue weighted by atomic mass is 10.2. The third-order valence-electron chi connectivity index (χ3n) is 3.35. The molecule has 2 rings (SSSR count). The molecule has 4 heteroatoms. The van der Waals surface area contributed by atoms with Crippen LogP contribution in [0.4, 0.5) is 5.82 Å². The monoisotopic (exact) mass is 303 g/mol. The number of hydrogen-bond donors (Lipinski definition) is 1. The number of pyridine rings is 1. The maximum Gasteiger partial charge on any atom is 0.147 e. The number of hydrogen-bond acceptors (Lipinski definition) is 3. The highest BCUT2D eigenvalue weighted by Gasteiger charge is 2.16. The van der Waals surface area contributed by atoms with Gasteiger partial charge in [-0.1, -0.05) is 41.9 Å². The number of nitrogens with one attached hydrogen (secondary N) is 1. The van der Waals surface area contributed by atoms with Gasteiger partial charge in [0.15, 0.2) is 0 Å². The summed E-state index contributed by atoms with van der Waals surface area (Å²) in [6, 6.07) is 12.7. The van der Waals surface area contributed by atoms with Crippen molar-refractivity contribution in [3.05, 3.63) is 58.7 Å². The molecule has 1 N–H and O–H groups in total. The number of benzene rings is 1. The molecule has 0 aliphatic rings. The summed E-state index contributed by atoms with van der Waals surface area (Å²) in [6.45, 7) is 5.88. The SMILES string of the molecule is CNCc1cnc(N(Cc2ccccc2)C(C)C)c(Cl)c1. The predicted molar refractivity (Wildman–Crippen MR) is 89.8 cm³/mol. The van der Waals surface area contributed by atoms with Crippen LogP contribution in [0.2, 0.25) is 5.02 Å². The summed E-state index contributed by atoms with van der Waals surface area (Å²) in [4.78, 5) is 6.79. The topological polar surface area (TPSA) is 28.2 Å². The smallest absolute Gasteiger partial charge is 0.147 e. The van der Waals surface area contributed by atoms with Crippen molar-refractivity contribution in [1.29, 1.82) is 0 Å². The van der Waals surface area contributed by atoms with Crippen molar-refractivity contribution in [2.24, 2.45) is 0 Å². The first kappa shape index (κ1) is 15.8. The molecule has 2 aromatic rings. The van der Waals surface area contributed by atoms with E-state index < -0.39 is 0 Å². The second kappa shape index (κ2) is 7.43. The van der Waals surface area contributed by atoms with Gasteiger partial charge in [-0.2, -0.15) is 0 Å². The first-order chi connectivity index (χ1) is 10.1. The third kappa shape index (κ3) is 4.19. The van der Waals surface area contributed by atoms with E-state index in [-0.39, 0.29) is 0 Å². The third-order valence-corrected chi connectivity index (χ3v) is 3.63. The lowest BCUT2D eigenvalue weighted by Crippen LogP contribution is -2.31. The lowest BCUT2D eigenvalue weighted by Gasteiger charge is -2.29. The Balaban J connectivity index is 2.26. The molecule has 0 amide bonds. The molecule has 0 saturated carbocycles. The zero-order valence-corrected chi connectivity index (χ0v) is 13.6. The molecule has 0 unspecified atom stereocenters. The second-order valence-corrected chi connectivity index (χ2v) is 5.79. The summed E-state index contributed by atoms with van der Waals surface area (Å²) < 4.78 is 0. The van der Waals surface area contributed by atoms with Crippen molar-refractivity contribution in [2.45, 2.75) is 33.0 Å². The Morgan fingerprint density at radius 1 is 1.19 bits per heavy atom. The van der Waals surface area contributed by atoms with Crippen molar-refractivity contribution >= 4 is 17.4 Å². The number of halogens is 1. The molecule has 1 aromatic heterocycles. The van der Waals surface area contributed by atoms with E-state index in [1.807, 2.05) is 25.4 Å². The molecule has 0 aliphatic heterocycles. The van der Waals surface area contributed by atoms with Crippen molar-refractivity contribution in [2.75, 3.05) is 11.9 Å². The minimum absolute atomic E-state index is 0.324. The average Bonchev–Trinajstić information content (AvgIpc) is 2.47. The highest BCUT2D eigenvalue weighted by atomic mass is 35.5. The molecule has 0 spiro atoms. The zero-order chi connectivity index (χ0) is 15.2. The maximum absolute atomic E-state index is 6.44. The number of rotatable bonds is 6. The van der Waals surface area contributed by atoms with E-state index in [1.54, 1.807) is 0 Å². The fourth-order valence-electron chi connectivity index (χ4n) is 2.26. The van der Waals surface area contributed by atoms with Crippen LogP contribution >= 0.6 is 11.6 Å². The van der Waals surface area contributed by atoms with Crippen LogP contribution in [0.15, 0.2) is 42.6 Å². The Bertz CT molecular complexity index is 570. The largest absolute Gasteiger partial charge is 0.349 e. The Hall–Kier alpha value is -1.58. The lowest BCUT2D eigenvalue weighted by molar-refractivity contribution is 0.671. The minimum atomic E-state index is 0.324. The van der Waals surface area contributed by atoms with E-state index in [0.29, 0.717) is 11.1 Å². The second-order valence-electron chi connectivity index (χ2n) is 5.39. The van der Waals surface area contributed by atoms with E-state index >= 15 is 0 Å². The molecule has 1 heterocycles. The van der Waals surface area contributed by atoms with Crippen LogP contribution in [0.5, 0.6) is 0 Å². The molecule has 0 radical (unpaired) electrons. The molecular formula is C17H22ClN3. The Morgan fingerprint density at radius 3 is 2.48 bits per heavy atom. The van der Waals surface area contributed by atoms with Crippen LogP contribution in [0.25, 0.3) is 0 Å². The predicted octanol–water partition coefficient (Wildman–Crippen LogP) is 3.87. The molecule has 0 aliphatic carbocycles. The summed E-state index contributed by atoms with van der Waals surface area (Å²) in [5.41, 5.74) is 2.35. The van der Waals surface area contributed by atoms with Crippen molar-refractivity contribution in [3.8, 4) is 0 Å². The van der Waals surface area contributed by atoms with E-state index in [2.05, 4.69) is 53.3 Å². The summed E-state index contributed by atoms with van der Waals surface area (Å²) >= 11 is 6.44. The van der Waals surface area contributed by atoms with E-state index in [9.17, 15) is 0 Å². The van der Waals surface area contributed by atoms with Gasteiger partial charge in [0, 0.05) is 25.3 Å². The van der Waals surface area contributed by atoms with Gasteiger partial charge in [0.2, 0.25) is 0 Å². The summed E-state index contributed by atoms with van der Waals surface area (Å²) in [5.74, 6) is 0.843. The molecule has 1 aromatic carbocycles. The van der Waals surface area contributed by atoms with Gasteiger partial charge < -0.3 is 10.2 Å². The Kier molecular flexibility index (Phi) is 5.59. The fraction of sp³-hybridized carbons (Fsp3) is 0.353. The van der Waals surface area contributed by atoms with Gasteiger partial charge in [-0.25, -0.2) is 4.98 Å². The molecule has 0 atom stereocenters. The van der Waals surface area contributed by atoms with Crippen LogP contribution < -0.4 is 10.2 Å². The number of nitrogens with zero attached hydrogens (tertiary/aromatic N) is 2. The minimum Gasteiger partial charge on any atom is -0.349 e. The molecule has 3 nitrogen and oxygen atoms in total. The van der Waals surface area contributed by atoms with Gasteiger partial charge in [0.25, 0.3) is 0 Å². The Labute approximate surface area is 132 Å². The van der Waals surface area contributed by atoms with Crippen LogP contribution in [0, 0.1) is 0 Å². The molecule has 0 bridgehead atoms. The molecule has 21 heavy (non-hydrogen) atoms. The number of anilines is 1. The van der Waals surface area contributed by atoms with Crippen molar-refractivity contribution in [1.82, 2.24) is 10.3 Å². The molecular weight excluding hydrogens is 282 g/mol. The van der Waals surface area contributed by atoms with Gasteiger partial charge in [-0.15, -0.1) is 0 Å². The van der Waals surface area contributed by atoms with Gasteiger partial charge in [0.1, 0.15) is 5.82 Å². The van der Waals surface area contributed by atoms with Crippen LogP contribution in [0.1, 0.15) is 25.0 Å². The summed E-state index contributed by atoms with van der Waals surface area (Å²) in [6.07, 6.45) is 1.89. The van der Waals surface area contributed by atoms with Gasteiger partial charge in [-0.05, 0) is 38.1 Å². The van der Waals surface area contributed by atoms with Gasteiger partial charge in [0.05, 0.1) is 5.02 Å². The quantitative estimate of drug-likeness (QED) is 0.878. The summed E-state index contributed by atoms with van der Waals surface area (Å²) in [5, 5.41) is 3.81. The molecule has 0 saturated heterocycles. The molecule has 0 fully saturated rings. The van der Waals surface area contributed by atoms with Gasteiger partial charge in [-0.3, -0.25) is 0 Å². The first-order valence-corrected chi connectivity index (χ1v) is 7.59. The number of aromatic nitrogens is 1. The fourth-order valence-corrected chi connectivity index (χ4v) is 2.56. The van der Waals surface area contributed by atoms with Crippen LogP contribution in [-0.2, 0) is 13.1 Å². The van der Waals surface area contributed by atoms with Crippen LogP contribution in [-0.4, -0.2) is 18.1 Å². The van der Waals surface area contributed by atoms with E-state index in [1.165, 1.54) is 5.56 Å². The van der Waals surface area contributed by atoms with E-state index in [0.717, 1.165) is 24.5 Å². The maximum atomic E-state index is 6.44.